The van der Waals surface area contributed by atoms with Crippen molar-refractivity contribution >= 4 is 34.8 Å². The Balaban J connectivity index is 1.54. The number of thioether (sulfide) groups is 1. The van der Waals surface area contributed by atoms with Gasteiger partial charge in [0.25, 0.3) is 5.76 Å². The molecule has 1 aliphatic heterocycles. The second-order valence-electron chi connectivity index (χ2n) is 5.35. The van der Waals surface area contributed by atoms with Gasteiger partial charge in [0, 0.05) is 30.3 Å². The molecule has 1 aromatic carbocycles. The fourth-order valence-corrected chi connectivity index (χ4v) is 2.98. The van der Waals surface area contributed by atoms with E-state index in [2.05, 4.69) is 10.6 Å². The molecule has 1 aliphatic rings. The molecule has 1 fully saturated rings. The van der Waals surface area contributed by atoms with Crippen molar-refractivity contribution in [2.75, 3.05) is 31.7 Å². The molecule has 0 unspecified atom stereocenters. The highest BCUT2D eigenvalue weighted by molar-refractivity contribution is 7.99. The van der Waals surface area contributed by atoms with E-state index in [9.17, 15) is 8.78 Å². The Labute approximate surface area is 150 Å². The number of anilines is 1. The van der Waals surface area contributed by atoms with Gasteiger partial charge in [-0.15, -0.1) is 0 Å². The van der Waals surface area contributed by atoms with Gasteiger partial charge in [0.15, 0.2) is 5.11 Å². The lowest BCUT2D eigenvalue weighted by Gasteiger charge is -2.12. The number of benzene rings is 1. The zero-order valence-corrected chi connectivity index (χ0v) is 14.9. The molecule has 2 N–H and O–H groups in total. The summed E-state index contributed by atoms with van der Waals surface area (Å²) in [5.74, 6) is -2.41. The first-order chi connectivity index (χ1) is 11.6. The van der Waals surface area contributed by atoms with Crippen molar-refractivity contribution in [1.82, 2.24) is 5.32 Å². The van der Waals surface area contributed by atoms with E-state index in [1.807, 2.05) is 0 Å². The molecule has 1 saturated heterocycles. The number of halogens is 2. The van der Waals surface area contributed by atoms with Crippen molar-refractivity contribution in [2.24, 2.45) is 0 Å². The number of nitrogens with one attached hydrogen (secondary N) is 2. The van der Waals surface area contributed by atoms with Crippen LogP contribution < -0.4 is 10.6 Å². The average molecular weight is 376 g/mol. The third-order valence-corrected chi connectivity index (χ3v) is 4.39. The van der Waals surface area contributed by atoms with Gasteiger partial charge in [-0.05, 0) is 55.7 Å². The maximum Gasteiger partial charge on any atom is 0.288 e. The molecule has 4 nitrogen and oxygen atoms in total. The summed E-state index contributed by atoms with van der Waals surface area (Å²) in [5.41, 5.74) is 0.765. The number of hydrogen-bond acceptors (Lipinski definition) is 4. The van der Waals surface area contributed by atoms with E-state index in [0.717, 1.165) is 31.6 Å². The first-order valence-electron chi connectivity index (χ1n) is 7.92. The molecule has 1 atom stereocenters. The van der Waals surface area contributed by atoms with Crippen LogP contribution in [0.4, 0.5) is 14.5 Å². The number of alkyl halides is 2. The van der Waals surface area contributed by atoms with Gasteiger partial charge in [-0.3, -0.25) is 0 Å². The largest absolute Gasteiger partial charge is 0.379 e. The molecule has 8 heteroatoms. The van der Waals surface area contributed by atoms with Gasteiger partial charge >= 0.3 is 0 Å². The second-order valence-corrected chi connectivity index (χ2v) is 6.82. The first-order valence-corrected chi connectivity index (χ1v) is 9.21. The Hall–Kier alpha value is -0.960. The fraction of sp³-hybridized carbons (Fsp3) is 0.562. The maximum atomic E-state index is 12.2. The van der Waals surface area contributed by atoms with Crippen LogP contribution in [-0.4, -0.2) is 43.3 Å². The zero-order chi connectivity index (χ0) is 17.2. The molecule has 24 heavy (non-hydrogen) atoms. The summed E-state index contributed by atoms with van der Waals surface area (Å²) in [4.78, 5) is 0.526. The lowest BCUT2D eigenvalue weighted by Crippen LogP contribution is -2.30. The van der Waals surface area contributed by atoms with Crippen molar-refractivity contribution in [3.8, 4) is 0 Å². The maximum absolute atomic E-state index is 12.2. The molecule has 2 rings (SSSR count). The summed E-state index contributed by atoms with van der Waals surface area (Å²) in [5, 5.41) is 6.61. The summed E-state index contributed by atoms with van der Waals surface area (Å²) in [6.07, 6.45) is 3.31. The highest BCUT2D eigenvalue weighted by Gasteiger charge is 2.14. The highest BCUT2D eigenvalue weighted by atomic mass is 32.2. The van der Waals surface area contributed by atoms with Crippen LogP contribution in [0.15, 0.2) is 29.2 Å². The molecule has 0 aromatic heterocycles. The van der Waals surface area contributed by atoms with Gasteiger partial charge in [0.05, 0.1) is 12.7 Å². The molecule has 0 bridgehead atoms. The standard InChI is InChI=1S/C16H22F2N2O2S2/c17-15(18)24-14-6-4-12(5-7-14)20-16(23)19-8-2-9-21-11-13-3-1-10-22-13/h4-7,13,15H,1-3,8-11H2,(H2,19,20,23)/t13-/m0/s1. The van der Waals surface area contributed by atoms with Gasteiger partial charge < -0.3 is 20.1 Å². The Bertz CT molecular complexity index is 497. The van der Waals surface area contributed by atoms with Crippen LogP contribution in [0.1, 0.15) is 19.3 Å². The lowest BCUT2D eigenvalue weighted by atomic mass is 10.2. The number of thiocarbonyl (C=S) groups is 1. The Morgan fingerprint density at radius 3 is 2.83 bits per heavy atom. The van der Waals surface area contributed by atoms with Crippen molar-refractivity contribution in [2.45, 2.75) is 36.0 Å². The van der Waals surface area contributed by atoms with Gasteiger partial charge in [-0.1, -0.05) is 11.8 Å². The van der Waals surface area contributed by atoms with Crippen molar-refractivity contribution in [3.63, 3.8) is 0 Å². The van der Waals surface area contributed by atoms with E-state index in [1.54, 1.807) is 24.3 Å². The Morgan fingerprint density at radius 2 is 2.17 bits per heavy atom. The van der Waals surface area contributed by atoms with Crippen LogP contribution in [0.5, 0.6) is 0 Å². The number of ether oxygens (including phenoxy) is 2. The van der Waals surface area contributed by atoms with Gasteiger partial charge in [-0.2, -0.15) is 8.78 Å². The van der Waals surface area contributed by atoms with E-state index in [1.165, 1.54) is 0 Å². The van der Waals surface area contributed by atoms with Crippen molar-refractivity contribution in [3.05, 3.63) is 24.3 Å². The molecule has 1 heterocycles. The molecule has 0 spiro atoms. The van der Waals surface area contributed by atoms with E-state index in [-0.39, 0.29) is 6.10 Å². The SMILES string of the molecule is FC(F)Sc1ccc(NC(=S)NCCCOC[C@@H]2CCCO2)cc1. The Kier molecular flexibility index (Phi) is 8.72. The molecule has 0 aliphatic carbocycles. The topological polar surface area (TPSA) is 42.5 Å². The predicted octanol–water partition coefficient (Wildman–Crippen LogP) is 3.87. The first kappa shape index (κ1) is 19.4. The van der Waals surface area contributed by atoms with Gasteiger partial charge in [-0.25, -0.2) is 0 Å². The van der Waals surface area contributed by atoms with Crippen LogP contribution >= 0.6 is 24.0 Å². The summed E-state index contributed by atoms with van der Waals surface area (Å²) >= 11 is 5.72. The molecule has 0 amide bonds. The molecular formula is C16H22F2N2O2S2. The van der Waals surface area contributed by atoms with Crippen molar-refractivity contribution < 1.29 is 18.3 Å². The third kappa shape index (κ3) is 7.74. The molecular weight excluding hydrogens is 354 g/mol. The summed E-state index contributed by atoms with van der Waals surface area (Å²) in [6, 6.07) is 6.73. The summed E-state index contributed by atoms with van der Waals surface area (Å²) < 4.78 is 35.5. The summed E-state index contributed by atoms with van der Waals surface area (Å²) in [6.45, 7) is 2.87. The minimum absolute atomic E-state index is 0.256. The summed E-state index contributed by atoms with van der Waals surface area (Å²) in [7, 11) is 0. The zero-order valence-electron chi connectivity index (χ0n) is 13.3. The normalized spacial score (nSPS) is 17.2. The smallest absolute Gasteiger partial charge is 0.288 e. The van der Waals surface area contributed by atoms with Crippen LogP contribution in [0, 0.1) is 0 Å². The van der Waals surface area contributed by atoms with E-state index < -0.39 is 5.76 Å². The van der Waals surface area contributed by atoms with Crippen LogP contribution in [0.25, 0.3) is 0 Å². The average Bonchev–Trinajstić information content (AvgIpc) is 3.05. The van der Waals surface area contributed by atoms with E-state index in [4.69, 9.17) is 21.7 Å². The molecule has 0 saturated carbocycles. The number of hydrogen-bond donors (Lipinski definition) is 2. The van der Waals surface area contributed by atoms with E-state index in [0.29, 0.717) is 41.5 Å². The van der Waals surface area contributed by atoms with Crippen LogP contribution in [0.3, 0.4) is 0 Å². The highest BCUT2D eigenvalue weighted by Crippen LogP contribution is 2.26. The van der Waals surface area contributed by atoms with Crippen LogP contribution in [-0.2, 0) is 9.47 Å². The lowest BCUT2D eigenvalue weighted by molar-refractivity contribution is 0.0168. The monoisotopic (exact) mass is 376 g/mol. The molecule has 1 aromatic rings. The second kappa shape index (κ2) is 10.8. The quantitative estimate of drug-likeness (QED) is 0.387. The Morgan fingerprint density at radius 1 is 1.38 bits per heavy atom. The number of rotatable bonds is 9. The van der Waals surface area contributed by atoms with E-state index >= 15 is 0 Å². The van der Waals surface area contributed by atoms with Crippen LogP contribution in [0.2, 0.25) is 0 Å². The minimum Gasteiger partial charge on any atom is -0.379 e. The van der Waals surface area contributed by atoms with Crippen molar-refractivity contribution in [1.29, 1.82) is 0 Å². The fourth-order valence-electron chi connectivity index (χ4n) is 2.26. The predicted molar refractivity (Wildman–Crippen MR) is 96.9 cm³/mol. The third-order valence-electron chi connectivity index (χ3n) is 3.42. The minimum atomic E-state index is -2.41. The molecule has 0 radical (unpaired) electrons. The molecule has 134 valence electrons. The van der Waals surface area contributed by atoms with Gasteiger partial charge in [0.2, 0.25) is 0 Å². The van der Waals surface area contributed by atoms with Gasteiger partial charge in [0.1, 0.15) is 0 Å².